The minimum Gasteiger partial charge on any atom is -0.309 e. The average molecular weight is 204 g/mol. The maximum absolute atomic E-state index is 11.9. The molecule has 12 heavy (non-hydrogen) atoms. The van der Waals surface area contributed by atoms with Crippen molar-refractivity contribution in [2.45, 2.75) is 12.6 Å². The molecular weight excluding hydrogens is 195 g/mol. The zero-order valence-corrected chi connectivity index (χ0v) is 6.97. The van der Waals surface area contributed by atoms with E-state index in [4.69, 9.17) is 0 Å². The molecule has 0 aromatic heterocycles. The molecule has 0 aliphatic carbocycles. The standard InChI is InChI=1S/C6H8F3NO.ClH/c7-6(8,9)4-1-5(11)3-10-2-4;/h4,10H,1-3H2;1H. The molecule has 0 radical (unpaired) electrons. The van der Waals surface area contributed by atoms with Crippen molar-refractivity contribution in [2.24, 2.45) is 5.92 Å². The summed E-state index contributed by atoms with van der Waals surface area (Å²) in [4.78, 5) is 10.6. The molecule has 1 aliphatic heterocycles. The first-order valence-corrected chi connectivity index (χ1v) is 3.29. The number of alkyl halides is 3. The van der Waals surface area contributed by atoms with E-state index in [0.29, 0.717) is 0 Å². The highest BCUT2D eigenvalue weighted by molar-refractivity contribution is 5.85. The van der Waals surface area contributed by atoms with Crippen LogP contribution in [0, 0.1) is 5.92 Å². The van der Waals surface area contributed by atoms with Crippen LogP contribution >= 0.6 is 12.4 Å². The van der Waals surface area contributed by atoms with Crippen molar-refractivity contribution in [3.63, 3.8) is 0 Å². The number of Topliss-reactive ketones (excluding diaryl/α,β-unsaturated/α-hetero) is 1. The zero-order valence-electron chi connectivity index (χ0n) is 6.15. The molecule has 1 unspecified atom stereocenters. The zero-order chi connectivity index (χ0) is 8.48. The Morgan fingerprint density at radius 3 is 2.33 bits per heavy atom. The fraction of sp³-hybridized carbons (Fsp3) is 0.833. The smallest absolute Gasteiger partial charge is 0.309 e. The summed E-state index contributed by atoms with van der Waals surface area (Å²) in [5, 5.41) is 2.42. The van der Waals surface area contributed by atoms with Crippen LogP contribution in [-0.4, -0.2) is 25.0 Å². The maximum atomic E-state index is 11.9. The fourth-order valence-electron chi connectivity index (χ4n) is 1.04. The normalized spacial score (nSPS) is 24.9. The van der Waals surface area contributed by atoms with Crippen molar-refractivity contribution in [2.75, 3.05) is 13.1 Å². The quantitative estimate of drug-likeness (QED) is 0.640. The summed E-state index contributed by atoms with van der Waals surface area (Å²) in [5.41, 5.74) is 0. The minimum absolute atomic E-state index is 0. The summed E-state index contributed by atoms with van der Waals surface area (Å²) in [6.45, 7) is -0.0537. The number of nitrogens with one attached hydrogen (secondary N) is 1. The lowest BCUT2D eigenvalue weighted by Gasteiger charge is -2.23. The third kappa shape index (κ3) is 2.98. The van der Waals surface area contributed by atoms with E-state index in [-0.39, 0.29) is 37.7 Å². The van der Waals surface area contributed by atoms with E-state index >= 15 is 0 Å². The van der Waals surface area contributed by atoms with Crippen LogP contribution in [0.3, 0.4) is 0 Å². The Morgan fingerprint density at radius 2 is 2.00 bits per heavy atom. The number of rotatable bonds is 0. The first-order chi connectivity index (χ1) is 5.00. The summed E-state index contributed by atoms with van der Waals surface area (Å²) < 4.78 is 35.8. The predicted octanol–water partition coefficient (Wildman–Crippen LogP) is 1.15. The largest absolute Gasteiger partial charge is 0.393 e. The highest BCUT2D eigenvalue weighted by Crippen LogP contribution is 2.29. The van der Waals surface area contributed by atoms with Crippen LogP contribution in [0.4, 0.5) is 13.2 Å². The molecular formula is C6H9ClF3NO. The summed E-state index contributed by atoms with van der Waals surface area (Å²) in [6.07, 6.45) is -4.60. The summed E-state index contributed by atoms with van der Waals surface area (Å²) in [5.74, 6) is -1.85. The molecule has 2 nitrogen and oxygen atoms in total. The molecule has 1 rings (SSSR count). The van der Waals surface area contributed by atoms with E-state index in [0.717, 1.165) is 0 Å². The number of carbonyl (C=O) groups is 1. The second kappa shape index (κ2) is 4.09. The number of halogens is 4. The molecule has 0 amide bonds. The van der Waals surface area contributed by atoms with Gasteiger partial charge >= 0.3 is 6.18 Å². The van der Waals surface area contributed by atoms with E-state index in [9.17, 15) is 18.0 Å². The number of piperidine rings is 1. The first-order valence-electron chi connectivity index (χ1n) is 3.29. The Morgan fingerprint density at radius 1 is 1.42 bits per heavy atom. The lowest BCUT2D eigenvalue weighted by Crippen LogP contribution is -2.42. The van der Waals surface area contributed by atoms with Crippen LogP contribution in [0.1, 0.15) is 6.42 Å². The van der Waals surface area contributed by atoms with Crippen LogP contribution in [0.15, 0.2) is 0 Å². The Bertz CT molecular complexity index is 171. The third-order valence-corrected chi connectivity index (χ3v) is 1.65. The monoisotopic (exact) mass is 203 g/mol. The van der Waals surface area contributed by atoms with Gasteiger partial charge in [0.2, 0.25) is 0 Å². The molecule has 1 atom stereocenters. The van der Waals surface area contributed by atoms with Crippen LogP contribution in [0.5, 0.6) is 0 Å². The minimum atomic E-state index is -4.23. The Hall–Kier alpha value is -0.290. The van der Waals surface area contributed by atoms with Gasteiger partial charge in [-0.05, 0) is 0 Å². The number of carbonyl (C=O) groups excluding carboxylic acids is 1. The first kappa shape index (κ1) is 11.7. The SMILES string of the molecule is Cl.O=C1CNCC(C(F)(F)F)C1. The van der Waals surface area contributed by atoms with Crippen molar-refractivity contribution < 1.29 is 18.0 Å². The van der Waals surface area contributed by atoms with Gasteiger partial charge in [-0.2, -0.15) is 13.2 Å². The van der Waals surface area contributed by atoms with Gasteiger partial charge < -0.3 is 5.32 Å². The maximum Gasteiger partial charge on any atom is 0.393 e. The van der Waals surface area contributed by atoms with Gasteiger partial charge in [0.1, 0.15) is 5.78 Å². The van der Waals surface area contributed by atoms with Crippen LogP contribution in [0.2, 0.25) is 0 Å². The van der Waals surface area contributed by atoms with Gasteiger partial charge in [0, 0.05) is 13.0 Å². The Labute approximate surface area is 73.9 Å². The predicted molar refractivity (Wildman–Crippen MR) is 39.3 cm³/mol. The molecule has 1 fully saturated rings. The van der Waals surface area contributed by atoms with Crippen molar-refractivity contribution in [1.29, 1.82) is 0 Å². The van der Waals surface area contributed by atoms with Crippen LogP contribution in [-0.2, 0) is 4.79 Å². The number of ketones is 1. The van der Waals surface area contributed by atoms with E-state index in [1.54, 1.807) is 0 Å². The molecule has 0 aromatic carbocycles. The second-order valence-electron chi connectivity index (χ2n) is 2.61. The molecule has 1 heterocycles. The molecule has 1 N–H and O–H groups in total. The van der Waals surface area contributed by atoms with Crippen molar-refractivity contribution in [3.8, 4) is 0 Å². The van der Waals surface area contributed by atoms with Gasteiger partial charge in [-0.1, -0.05) is 0 Å². The Kier molecular flexibility index (Phi) is 3.99. The van der Waals surface area contributed by atoms with Gasteiger partial charge in [-0.15, -0.1) is 12.4 Å². The van der Waals surface area contributed by atoms with Gasteiger partial charge in [0.15, 0.2) is 0 Å². The summed E-state index contributed by atoms with van der Waals surface area (Å²) >= 11 is 0. The number of hydrogen-bond donors (Lipinski definition) is 1. The van der Waals surface area contributed by atoms with Gasteiger partial charge in [0.05, 0.1) is 12.5 Å². The van der Waals surface area contributed by atoms with E-state index in [1.165, 1.54) is 0 Å². The molecule has 6 heteroatoms. The fourth-order valence-corrected chi connectivity index (χ4v) is 1.04. The molecule has 1 saturated heterocycles. The van der Waals surface area contributed by atoms with Crippen LogP contribution < -0.4 is 5.32 Å². The molecule has 0 saturated carbocycles. The lowest BCUT2D eigenvalue weighted by molar-refractivity contribution is -0.180. The van der Waals surface area contributed by atoms with Crippen LogP contribution in [0.25, 0.3) is 0 Å². The highest BCUT2D eigenvalue weighted by Gasteiger charge is 2.41. The van der Waals surface area contributed by atoms with Gasteiger partial charge in [-0.3, -0.25) is 4.79 Å². The highest BCUT2D eigenvalue weighted by atomic mass is 35.5. The van der Waals surface area contributed by atoms with E-state index < -0.39 is 12.1 Å². The average Bonchev–Trinajstić information content (AvgIpc) is 1.86. The van der Waals surface area contributed by atoms with Crippen molar-refractivity contribution >= 4 is 18.2 Å². The molecule has 0 aromatic rings. The van der Waals surface area contributed by atoms with E-state index in [1.807, 2.05) is 0 Å². The Balaban J connectivity index is 0.00000121. The summed E-state index contributed by atoms with van der Waals surface area (Å²) in [6, 6.07) is 0. The summed E-state index contributed by atoms with van der Waals surface area (Å²) in [7, 11) is 0. The topological polar surface area (TPSA) is 29.1 Å². The molecule has 1 aliphatic rings. The van der Waals surface area contributed by atoms with Gasteiger partial charge in [0.25, 0.3) is 0 Å². The molecule has 0 bridgehead atoms. The second-order valence-corrected chi connectivity index (χ2v) is 2.61. The molecule has 72 valence electrons. The number of hydrogen-bond acceptors (Lipinski definition) is 2. The lowest BCUT2D eigenvalue weighted by atomic mass is 9.98. The van der Waals surface area contributed by atoms with Crippen molar-refractivity contribution in [1.82, 2.24) is 5.32 Å². The van der Waals surface area contributed by atoms with E-state index in [2.05, 4.69) is 5.32 Å². The third-order valence-electron chi connectivity index (χ3n) is 1.65. The van der Waals surface area contributed by atoms with Gasteiger partial charge in [-0.25, -0.2) is 0 Å². The molecule has 0 spiro atoms. The van der Waals surface area contributed by atoms with Crippen molar-refractivity contribution in [3.05, 3.63) is 0 Å².